The first-order valence-electron chi connectivity index (χ1n) is 8.33. The van der Waals surface area contributed by atoms with Crippen LogP contribution in [-0.4, -0.2) is 5.33 Å². The Kier molecular flexibility index (Phi) is 12.0. The van der Waals surface area contributed by atoms with Gasteiger partial charge >= 0.3 is 0 Å². The fourth-order valence-electron chi connectivity index (χ4n) is 2.64. The molecule has 0 aromatic heterocycles. The molecule has 1 aromatic rings. The van der Waals surface area contributed by atoms with E-state index in [9.17, 15) is 0 Å². The highest BCUT2D eigenvalue weighted by Crippen LogP contribution is 2.36. The molecule has 0 saturated heterocycles. The maximum atomic E-state index is 3.76. The highest BCUT2D eigenvalue weighted by molar-refractivity contribution is 9.13. The van der Waals surface area contributed by atoms with Crippen LogP contribution in [0, 0.1) is 0 Å². The summed E-state index contributed by atoms with van der Waals surface area (Å²) in [5, 5.41) is 0.980. The molecule has 0 amide bonds. The van der Waals surface area contributed by atoms with Crippen LogP contribution in [-0.2, 0) is 12.8 Å². The van der Waals surface area contributed by atoms with Crippen molar-refractivity contribution >= 4 is 63.7 Å². The van der Waals surface area contributed by atoms with Gasteiger partial charge in [-0.25, -0.2) is 0 Å². The van der Waals surface area contributed by atoms with Gasteiger partial charge in [-0.05, 0) is 68.3 Å². The first-order valence-corrected chi connectivity index (χ1v) is 11.8. The molecule has 0 unspecified atom stereocenters. The number of unbranched alkanes of at least 4 members (excludes halogenated alkanes) is 7. The van der Waals surface area contributed by atoms with E-state index in [1.54, 1.807) is 0 Å². The van der Waals surface area contributed by atoms with Crippen LogP contribution in [0.1, 0.15) is 69.4 Å². The quantitative estimate of drug-likeness (QED) is 0.144. The number of alkyl halides is 1. The molecule has 0 spiro atoms. The van der Waals surface area contributed by atoms with E-state index in [-0.39, 0.29) is 0 Å². The summed E-state index contributed by atoms with van der Waals surface area (Å²) >= 11 is 14.7. The molecule has 0 radical (unpaired) electrons. The van der Waals surface area contributed by atoms with Crippen LogP contribution in [0.5, 0.6) is 0 Å². The normalized spacial score (nSPS) is 11.1. The predicted molar refractivity (Wildman–Crippen MR) is 113 cm³/mol. The molecular formula is C18H26Br4. The van der Waals surface area contributed by atoms with E-state index >= 15 is 0 Å². The van der Waals surface area contributed by atoms with Gasteiger partial charge in [0.2, 0.25) is 0 Å². The second kappa shape index (κ2) is 12.5. The van der Waals surface area contributed by atoms with Crippen LogP contribution in [0.2, 0.25) is 0 Å². The van der Waals surface area contributed by atoms with Crippen molar-refractivity contribution in [3.05, 3.63) is 30.6 Å². The van der Waals surface area contributed by atoms with Crippen molar-refractivity contribution in [1.29, 1.82) is 0 Å². The summed E-state index contributed by atoms with van der Waals surface area (Å²) in [4.78, 5) is 0. The summed E-state index contributed by atoms with van der Waals surface area (Å²) in [5.41, 5.74) is 2.74. The third-order valence-corrected chi connectivity index (χ3v) is 7.39. The fourth-order valence-corrected chi connectivity index (χ4v) is 5.19. The van der Waals surface area contributed by atoms with Crippen molar-refractivity contribution < 1.29 is 0 Å². The summed E-state index contributed by atoms with van der Waals surface area (Å²) in [6.45, 7) is 2.28. The van der Waals surface area contributed by atoms with Crippen LogP contribution in [0.15, 0.2) is 19.5 Å². The number of hydrogen-bond acceptors (Lipinski definition) is 0. The Labute approximate surface area is 169 Å². The lowest BCUT2D eigenvalue weighted by molar-refractivity contribution is 0.575. The predicted octanol–water partition coefficient (Wildman–Crippen LogP) is 8.59. The van der Waals surface area contributed by atoms with Gasteiger partial charge in [-0.2, -0.15) is 0 Å². The largest absolute Gasteiger partial charge is 0.0924 e. The SMILES string of the molecule is CCCCCCCCCCc1cc(Br)c(CCBr)c(Br)c1Br. The standard InChI is InChI=1S/C18H26Br4/c1-2-3-4-5-6-7-8-9-10-14-13-16(20)15(11-12-19)18(22)17(14)21/h13H,2-12H2,1H3. The van der Waals surface area contributed by atoms with Gasteiger partial charge in [-0.15, -0.1) is 0 Å². The van der Waals surface area contributed by atoms with Crippen molar-refractivity contribution in [3.63, 3.8) is 0 Å². The van der Waals surface area contributed by atoms with Gasteiger partial charge in [-0.1, -0.05) is 83.7 Å². The summed E-state index contributed by atoms with van der Waals surface area (Å²) in [6, 6.07) is 2.29. The summed E-state index contributed by atoms with van der Waals surface area (Å²) in [7, 11) is 0. The average molecular weight is 562 g/mol. The second-order valence-corrected chi connectivity index (χ2v) is 9.02. The first kappa shape index (κ1) is 21.2. The maximum absolute atomic E-state index is 3.76. The third kappa shape index (κ3) is 7.36. The molecule has 1 rings (SSSR count). The molecule has 0 bridgehead atoms. The molecule has 0 aliphatic rings. The van der Waals surface area contributed by atoms with E-state index < -0.39 is 0 Å². The zero-order valence-corrected chi connectivity index (χ0v) is 19.7. The smallest absolute Gasteiger partial charge is 0.0363 e. The van der Waals surface area contributed by atoms with E-state index in [1.807, 2.05) is 0 Å². The minimum Gasteiger partial charge on any atom is -0.0924 e. The molecule has 0 N–H and O–H groups in total. The molecule has 0 aliphatic heterocycles. The zero-order chi connectivity index (χ0) is 16.4. The Bertz CT molecular complexity index is 443. The number of benzene rings is 1. The molecule has 126 valence electrons. The second-order valence-electron chi connectivity index (χ2n) is 5.79. The molecule has 0 heterocycles. The van der Waals surface area contributed by atoms with Crippen LogP contribution in [0.25, 0.3) is 0 Å². The van der Waals surface area contributed by atoms with E-state index in [0.717, 1.165) is 18.2 Å². The lowest BCUT2D eigenvalue weighted by Crippen LogP contribution is -1.96. The van der Waals surface area contributed by atoms with Gasteiger partial charge in [0.25, 0.3) is 0 Å². The summed E-state index contributed by atoms with van der Waals surface area (Å²) < 4.78 is 3.65. The molecular weight excluding hydrogens is 536 g/mol. The number of hydrogen-bond donors (Lipinski definition) is 0. The molecule has 1 aromatic carbocycles. The Morgan fingerprint density at radius 2 is 1.36 bits per heavy atom. The van der Waals surface area contributed by atoms with E-state index in [4.69, 9.17) is 0 Å². The van der Waals surface area contributed by atoms with Crippen LogP contribution in [0.3, 0.4) is 0 Å². The van der Waals surface area contributed by atoms with E-state index in [2.05, 4.69) is 76.7 Å². The van der Waals surface area contributed by atoms with Crippen LogP contribution in [0.4, 0.5) is 0 Å². The topological polar surface area (TPSA) is 0 Å². The maximum Gasteiger partial charge on any atom is 0.0363 e. The number of aryl methyl sites for hydroxylation is 1. The fraction of sp³-hybridized carbons (Fsp3) is 0.667. The average Bonchev–Trinajstić information content (AvgIpc) is 2.51. The van der Waals surface area contributed by atoms with Crippen molar-refractivity contribution in [3.8, 4) is 0 Å². The molecule has 22 heavy (non-hydrogen) atoms. The van der Waals surface area contributed by atoms with Crippen LogP contribution < -0.4 is 0 Å². The lowest BCUT2D eigenvalue weighted by atomic mass is 10.0. The molecule has 0 saturated carbocycles. The Morgan fingerprint density at radius 3 is 1.95 bits per heavy atom. The first-order chi connectivity index (χ1) is 10.6. The van der Waals surface area contributed by atoms with E-state index in [1.165, 1.54) is 75.9 Å². The molecule has 0 aliphatic carbocycles. The van der Waals surface area contributed by atoms with Gasteiger partial charge in [0.1, 0.15) is 0 Å². The highest BCUT2D eigenvalue weighted by Gasteiger charge is 2.12. The van der Waals surface area contributed by atoms with Crippen molar-refractivity contribution in [1.82, 2.24) is 0 Å². The molecule has 4 heteroatoms. The zero-order valence-electron chi connectivity index (χ0n) is 13.4. The summed E-state index contributed by atoms with van der Waals surface area (Å²) in [5.74, 6) is 0. The third-order valence-electron chi connectivity index (χ3n) is 3.97. The number of halogens is 4. The van der Waals surface area contributed by atoms with Crippen molar-refractivity contribution in [2.45, 2.75) is 71.1 Å². The van der Waals surface area contributed by atoms with Crippen molar-refractivity contribution in [2.24, 2.45) is 0 Å². The Morgan fingerprint density at radius 1 is 0.773 bits per heavy atom. The Hall–Kier alpha value is 1.14. The highest BCUT2D eigenvalue weighted by atomic mass is 79.9. The minimum absolute atomic E-state index is 0.980. The number of rotatable bonds is 11. The molecule has 0 atom stereocenters. The van der Waals surface area contributed by atoms with Gasteiger partial charge in [-0.3, -0.25) is 0 Å². The Balaban J connectivity index is 2.40. The summed E-state index contributed by atoms with van der Waals surface area (Å²) in [6.07, 6.45) is 13.1. The van der Waals surface area contributed by atoms with Gasteiger partial charge in [0.05, 0.1) is 0 Å². The molecule has 0 nitrogen and oxygen atoms in total. The molecule has 0 fully saturated rings. The monoisotopic (exact) mass is 558 g/mol. The van der Waals surface area contributed by atoms with Gasteiger partial charge in [0.15, 0.2) is 0 Å². The van der Waals surface area contributed by atoms with Crippen molar-refractivity contribution in [2.75, 3.05) is 5.33 Å². The van der Waals surface area contributed by atoms with Crippen LogP contribution >= 0.6 is 63.7 Å². The lowest BCUT2D eigenvalue weighted by Gasteiger charge is -2.13. The van der Waals surface area contributed by atoms with E-state index in [0.29, 0.717) is 0 Å². The van der Waals surface area contributed by atoms with Gasteiger partial charge < -0.3 is 0 Å². The van der Waals surface area contributed by atoms with Gasteiger partial charge in [0, 0.05) is 18.7 Å². The minimum atomic E-state index is 0.980.